The number of benzene rings is 2. The van der Waals surface area contributed by atoms with E-state index >= 15 is 0 Å². The van der Waals surface area contributed by atoms with Crippen molar-refractivity contribution in [3.05, 3.63) is 63.9 Å². The van der Waals surface area contributed by atoms with Gasteiger partial charge in [0, 0.05) is 21.6 Å². The first-order valence-corrected chi connectivity index (χ1v) is 6.78. The molecule has 2 aromatic rings. The van der Waals surface area contributed by atoms with Crippen LogP contribution in [0.5, 0.6) is 5.75 Å². The molecular formula is C15H15BrFNO. The Morgan fingerprint density at radius 2 is 2.00 bits per heavy atom. The van der Waals surface area contributed by atoms with Gasteiger partial charge in [0.1, 0.15) is 18.2 Å². The van der Waals surface area contributed by atoms with E-state index < -0.39 is 0 Å². The molecule has 0 amide bonds. The topological polar surface area (TPSA) is 35.2 Å². The second-order valence-corrected chi connectivity index (χ2v) is 5.27. The summed E-state index contributed by atoms with van der Waals surface area (Å²) in [6.45, 7) is 2.07. The molecule has 0 aliphatic carbocycles. The molecule has 1 unspecified atom stereocenters. The molecular weight excluding hydrogens is 309 g/mol. The van der Waals surface area contributed by atoms with Gasteiger partial charge in [0.2, 0.25) is 0 Å². The van der Waals surface area contributed by atoms with E-state index in [1.807, 2.05) is 25.1 Å². The molecule has 0 fully saturated rings. The van der Waals surface area contributed by atoms with Crippen molar-refractivity contribution >= 4 is 15.9 Å². The zero-order chi connectivity index (χ0) is 13.8. The van der Waals surface area contributed by atoms with Gasteiger partial charge in [0.25, 0.3) is 0 Å². The Kier molecular flexibility index (Phi) is 4.56. The monoisotopic (exact) mass is 323 g/mol. The lowest BCUT2D eigenvalue weighted by molar-refractivity contribution is 0.295. The second kappa shape index (κ2) is 6.17. The molecule has 19 heavy (non-hydrogen) atoms. The number of halogens is 2. The van der Waals surface area contributed by atoms with Crippen molar-refractivity contribution in [1.29, 1.82) is 0 Å². The number of rotatable bonds is 4. The summed E-state index contributed by atoms with van der Waals surface area (Å²) >= 11 is 3.39. The lowest BCUT2D eigenvalue weighted by atomic mass is 10.1. The molecule has 0 heterocycles. The summed E-state index contributed by atoms with van der Waals surface area (Å²) in [6.07, 6.45) is 0. The summed E-state index contributed by atoms with van der Waals surface area (Å²) in [5, 5.41) is 0. The Hall–Kier alpha value is -1.39. The first-order valence-electron chi connectivity index (χ1n) is 5.99. The van der Waals surface area contributed by atoms with Gasteiger partial charge in [-0.15, -0.1) is 0 Å². The Morgan fingerprint density at radius 1 is 1.26 bits per heavy atom. The summed E-state index contributed by atoms with van der Waals surface area (Å²) in [6, 6.07) is 12.1. The average Bonchev–Trinajstić information content (AvgIpc) is 2.37. The van der Waals surface area contributed by atoms with Crippen LogP contribution < -0.4 is 10.5 Å². The van der Waals surface area contributed by atoms with E-state index in [1.54, 1.807) is 18.2 Å². The maximum absolute atomic E-state index is 13.5. The van der Waals surface area contributed by atoms with Crippen molar-refractivity contribution in [3.8, 4) is 5.75 Å². The van der Waals surface area contributed by atoms with Crippen LogP contribution >= 0.6 is 15.9 Å². The molecule has 2 N–H and O–H groups in total. The molecule has 0 spiro atoms. The first-order chi connectivity index (χ1) is 9.08. The Bertz CT molecular complexity index is 572. The molecule has 0 aliphatic heterocycles. The molecule has 0 saturated carbocycles. The van der Waals surface area contributed by atoms with Crippen molar-refractivity contribution in [2.75, 3.05) is 0 Å². The van der Waals surface area contributed by atoms with Crippen molar-refractivity contribution < 1.29 is 9.13 Å². The highest BCUT2D eigenvalue weighted by atomic mass is 79.9. The van der Waals surface area contributed by atoms with Crippen LogP contribution in [-0.4, -0.2) is 0 Å². The van der Waals surface area contributed by atoms with Crippen molar-refractivity contribution in [2.45, 2.75) is 19.6 Å². The van der Waals surface area contributed by atoms with Crippen molar-refractivity contribution in [2.24, 2.45) is 5.73 Å². The highest BCUT2D eigenvalue weighted by Crippen LogP contribution is 2.28. The molecule has 1 atom stereocenters. The summed E-state index contributed by atoms with van der Waals surface area (Å²) < 4.78 is 20.1. The van der Waals surface area contributed by atoms with Gasteiger partial charge in [0.05, 0.1) is 0 Å². The summed E-state index contributed by atoms with van der Waals surface area (Å²) in [5.41, 5.74) is 7.32. The molecule has 0 aliphatic rings. The van der Waals surface area contributed by atoms with E-state index in [0.717, 1.165) is 10.0 Å². The molecule has 2 nitrogen and oxygen atoms in total. The standard InChI is InChI=1S/C15H15BrFNO/c1-10(18)13-7-6-12(16)8-15(13)19-9-11-4-2-3-5-14(11)17/h2-8,10H,9,18H2,1H3. The largest absolute Gasteiger partial charge is 0.488 e. The third kappa shape index (κ3) is 3.55. The fourth-order valence-corrected chi connectivity index (χ4v) is 2.12. The molecule has 2 rings (SSSR count). The maximum atomic E-state index is 13.5. The molecule has 0 radical (unpaired) electrons. The molecule has 4 heteroatoms. The summed E-state index contributed by atoms with van der Waals surface area (Å²) in [5.74, 6) is 0.410. The van der Waals surface area contributed by atoms with Gasteiger partial charge in [-0.1, -0.05) is 40.2 Å². The SMILES string of the molecule is CC(N)c1ccc(Br)cc1OCc1ccccc1F. The van der Waals surface area contributed by atoms with E-state index in [1.165, 1.54) is 6.07 Å². The summed E-state index contributed by atoms with van der Waals surface area (Å²) in [7, 11) is 0. The molecule has 2 aromatic carbocycles. The van der Waals surface area contributed by atoms with Gasteiger partial charge in [-0.05, 0) is 25.1 Å². The quantitative estimate of drug-likeness (QED) is 0.915. The minimum absolute atomic E-state index is 0.135. The molecule has 0 aromatic heterocycles. The van der Waals surface area contributed by atoms with Crippen LogP contribution in [0.25, 0.3) is 0 Å². The number of hydrogen-bond acceptors (Lipinski definition) is 2. The average molecular weight is 324 g/mol. The van der Waals surface area contributed by atoms with Crippen molar-refractivity contribution in [1.82, 2.24) is 0 Å². The van der Waals surface area contributed by atoms with E-state index in [-0.39, 0.29) is 18.5 Å². The van der Waals surface area contributed by atoms with E-state index in [4.69, 9.17) is 10.5 Å². The highest BCUT2D eigenvalue weighted by Gasteiger charge is 2.10. The normalized spacial score (nSPS) is 12.2. The minimum Gasteiger partial charge on any atom is -0.488 e. The predicted octanol–water partition coefficient (Wildman–Crippen LogP) is 4.19. The van der Waals surface area contributed by atoms with Crippen LogP contribution in [0.4, 0.5) is 4.39 Å². The van der Waals surface area contributed by atoms with Gasteiger partial charge in [-0.25, -0.2) is 4.39 Å². The van der Waals surface area contributed by atoms with E-state index in [2.05, 4.69) is 15.9 Å². The van der Waals surface area contributed by atoms with Crippen LogP contribution in [0.3, 0.4) is 0 Å². The predicted molar refractivity (Wildman–Crippen MR) is 77.5 cm³/mol. The lowest BCUT2D eigenvalue weighted by Gasteiger charge is -2.14. The maximum Gasteiger partial charge on any atom is 0.129 e. The van der Waals surface area contributed by atoms with Gasteiger partial charge < -0.3 is 10.5 Å². The van der Waals surface area contributed by atoms with Crippen LogP contribution in [0, 0.1) is 5.82 Å². The van der Waals surface area contributed by atoms with E-state index in [0.29, 0.717) is 11.3 Å². The Labute approximate surface area is 120 Å². The Morgan fingerprint density at radius 3 is 2.68 bits per heavy atom. The lowest BCUT2D eigenvalue weighted by Crippen LogP contribution is -2.08. The third-order valence-corrected chi connectivity index (χ3v) is 3.30. The van der Waals surface area contributed by atoms with Crippen molar-refractivity contribution in [3.63, 3.8) is 0 Å². The molecule has 0 saturated heterocycles. The summed E-state index contributed by atoms with van der Waals surface area (Å²) in [4.78, 5) is 0. The number of ether oxygens (including phenoxy) is 1. The van der Waals surface area contributed by atoms with Crippen LogP contribution in [0.2, 0.25) is 0 Å². The zero-order valence-electron chi connectivity index (χ0n) is 10.6. The highest BCUT2D eigenvalue weighted by molar-refractivity contribution is 9.10. The minimum atomic E-state index is -0.264. The Balaban J connectivity index is 2.19. The van der Waals surface area contributed by atoms with Gasteiger partial charge >= 0.3 is 0 Å². The second-order valence-electron chi connectivity index (χ2n) is 4.35. The van der Waals surface area contributed by atoms with Gasteiger partial charge in [-0.3, -0.25) is 0 Å². The van der Waals surface area contributed by atoms with Crippen LogP contribution in [0.1, 0.15) is 24.1 Å². The fraction of sp³-hybridized carbons (Fsp3) is 0.200. The van der Waals surface area contributed by atoms with Gasteiger partial charge in [0.15, 0.2) is 0 Å². The molecule has 100 valence electrons. The third-order valence-electron chi connectivity index (χ3n) is 2.81. The van der Waals surface area contributed by atoms with E-state index in [9.17, 15) is 4.39 Å². The van der Waals surface area contributed by atoms with Crippen LogP contribution in [-0.2, 0) is 6.61 Å². The van der Waals surface area contributed by atoms with Gasteiger partial charge in [-0.2, -0.15) is 0 Å². The number of hydrogen-bond donors (Lipinski definition) is 1. The zero-order valence-corrected chi connectivity index (χ0v) is 12.2. The smallest absolute Gasteiger partial charge is 0.129 e. The fourth-order valence-electron chi connectivity index (χ4n) is 1.78. The molecule has 0 bridgehead atoms. The van der Waals surface area contributed by atoms with Crippen LogP contribution in [0.15, 0.2) is 46.9 Å². The number of nitrogens with two attached hydrogens (primary N) is 1. The first kappa shape index (κ1) is 14.0.